The summed E-state index contributed by atoms with van der Waals surface area (Å²) in [5.74, 6) is 1.41. The molecule has 0 spiro atoms. The van der Waals surface area contributed by atoms with Gasteiger partial charge < -0.3 is 15.0 Å². The molecule has 1 amide bonds. The zero-order valence-electron chi connectivity index (χ0n) is 20.6. The van der Waals surface area contributed by atoms with Crippen molar-refractivity contribution < 1.29 is 14.1 Å². The van der Waals surface area contributed by atoms with E-state index in [1.54, 1.807) is 4.90 Å². The lowest BCUT2D eigenvalue weighted by Gasteiger charge is -2.24. The van der Waals surface area contributed by atoms with Gasteiger partial charge in [0, 0.05) is 35.3 Å². The van der Waals surface area contributed by atoms with Gasteiger partial charge in [0.2, 0.25) is 0 Å². The monoisotopic (exact) mass is 471 g/mol. The summed E-state index contributed by atoms with van der Waals surface area (Å²) in [6, 6.07) is 12.3. The minimum atomic E-state index is -0.554. The van der Waals surface area contributed by atoms with Crippen LogP contribution in [0.25, 0.3) is 22.3 Å². The topological polar surface area (TPSA) is 87.0 Å². The second-order valence-electron chi connectivity index (χ2n) is 9.95. The fourth-order valence-corrected chi connectivity index (χ4v) is 4.36. The highest BCUT2D eigenvalue weighted by atomic mass is 16.6. The van der Waals surface area contributed by atoms with Crippen molar-refractivity contribution in [2.45, 2.75) is 45.9 Å². The molecule has 1 aromatic carbocycles. The highest BCUT2D eigenvalue weighted by molar-refractivity contribution is 5.83. The number of H-pyrrole nitrogens is 1. The number of aryl methyl sites for hydroxylation is 1. The molecule has 0 atom stereocenters. The molecular weight excluding hydrogens is 440 g/mol. The number of rotatable bonds is 5. The Balaban J connectivity index is 1.41. The van der Waals surface area contributed by atoms with Crippen LogP contribution in [0, 0.1) is 0 Å². The SMILES string of the molecule is C[n+]1cccc(-c2nc3c(c(NCCc4c[nH]c5ccccc45)n2)CN(C(=O)OC(C)(C)C)C3)c1. The van der Waals surface area contributed by atoms with Crippen molar-refractivity contribution in [3.8, 4) is 11.4 Å². The number of benzene rings is 1. The molecule has 8 heteroatoms. The zero-order valence-corrected chi connectivity index (χ0v) is 20.6. The maximum atomic E-state index is 12.8. The molecule has 0 fully saturated rings. The molecule has 4 aromatic rings. The van der Waals surface area contributed by atoms with E-state index in [2.05, 4.69) is 34.7 Å². The van der Waals surface area contributed by atoms with Crippen LogP contribution in [0.3, 0.4) is 0 Å². The van der Waals surface area contributed by atoms with E-state index in [1.165, 1.54) is 10.9 Å². The van der Waals surface area contributed by atoms with Crippen LogP contribution in [0.5, 0.6) is 0 Å². The van der Waals surface area contributed by atoms with Crippen LogP contribution in [-0.4, -0.2) is 38.1 Å². The largest absolute Gasteiger partial charge is 0.444 e. The molecule has 0 saturated carbocycles. The Kier molecular flexibility index (Phi) is 5.88. The molecule has 1 aliphatic rings. The molecule has 1 aliphatic heterocycles. The molecule has 3 aromatic heterocycles. The summed E-state index contributed by atoms with van der Waals surface area (Å²) in [5, 5.41) is 4.76. The summed E-state index contributed by atoms with van der Waals surface area (Å²) in [5.41, 5.74) is 4.55. The first-order valence-corrected chi connectivity index (χ1v) is 11.9. The smallest absolute Gasteiger partial charge is 0.410 e. The van der Waals surface area contributed by atoms with Crippen molar-refractivity contribution >= 4 is 22.8 Å². The summed E-state index contributed by atoms with van der Waals surface area (Å²) in [4.78, 5) is 27.5. The molecule has 0 radical (unpaired) electrons. The van der Waals surface area contributed by atoms with E-state index < -0.39 is 5.60 Å². The predicted molar refractivity (Wildman–Crippen MR) is 135 cm³/mol. The fourth-order valence-electron chi connectivity index (χ4n) is 4.36. The van der Waals surface area contributed by atoms with E-state index in [1.807, 2.05) is 63.0 Å². The van der Waals surface area contributed by atoms with Gasteiger partial charge in [-0.3, -0.25) is 4.90 Å². The highest BCUT2D eigenvalue weighted by Crippen LogP contribution is 2.30. The molecule has 0 aliphatic carbocycles. The average molecular weight is 472 g/mol. The molecule has 4 heterocycles. The maximum Gasteiger partial charge on any atom is 0.410 e. The minimum absolute atomic E-state index is 0.340. The van der Waals surface area contributed by atoms with Crippen LogP contribution in [0.2, 0.25) is 0 Å². The summed E-state index contributed by atoms with van der Waals surface area (Å²) >= 11 is 0. The van der Waals surface area contributed by atoms with Crippen LogP contribution >= 0.6 is 0 Å². The number of aromatic amines is 1. The molecule has 35 heavy (non-hydrogen) atoms. The second-order valence-corrected chi connectivity index (χ2v) is 9.95. The number of aromatic nitrogens is 4. The number of nitrogens with one attached hydrogen (secondary N) is 2. The molecule has 0 saturated heterocycles. The number of hydrogen-bond acceptors (Lipinski definition) is 5. The van der Waals surface area contributed by atoms with Crippen LogP contribution in [0.1, 0.15) is 37.6 Å². The van der Waals surface area contributed by atoms with Crippen molar-refractivity contribution in [3.63, 3.8) is 0 Å². The number of carbonyl (C=O) groups is 1. The van der Waals surface area contributed by atoms with Crippen molar-refractivity contribution in [1.29, 1.82) is 0 Å². The van der Waals surface area contributed by atoms with Gasteiger partial charge in [-0.2, -0.15) is 0 Å². The molecule has 2 N–H and O–H groups in total. The maximum absolute atomic E-state index is 12.8. The first-order valence-electron chi connectivity index (χ1n) is 11.9. The van der Waals surface area contributed by atoms with Crippen LogP contribution in [0.4, 0.5) is 10.6 Å². The third-order valence-corrected chi connectivity index (χ3v) is 5.99. The number of pyridine rings is 1. The lowest BCUT2D eigenvalue weighted by atomic mass is 10.1. The van der Waals surface area contributed by atoms with E-state index in [4.69, 9.17) is 14.7 Å². The summed E-state index contributed by atoms with van der Waals surface area (Å²) < 4.78 is 7.58. The van der Waals surface area contributed by atoms with Gasteiger partial charge in [0.1, 0.15) is 18.5 Å². The van der Waals surface area contributed by atoms with E-state index in [9.17, 15) is 4.79 Å². The fraction of sp³-hybridized carbons (Fsp3) is 0.333. The number of ether oxygens (including phenoxy) is 1. The minimum Gasteiger partial charge on any atom is -0.444 e. The standard InChI is InChI=1S/C27H31N6O2/c1-27(2,3)35-26(34)33-16-21-23(17-33)30-24(19-8-7-13-32(4)15-19)31-25(21)28-12-11-18-14-29-22-10-6-5-9-20(18)22/h5-10,13-15,29H,11-12,16-17H2,1-4H3,(H,28,30,31)/q+1. The number of fused-ring (bicyclic) bond motifs is 2. The third kappa shape index (κ3) is 4.96. The van der Waals surface area contributed by atoms with Crippen molar-refractivity contribution in [3.05, 3.63) is 71.8 Å². The second kappa shape index (κ2) is 9.02. The number of amides is 1. The molecule has 8 nitrogen and oxygen atoms in total. The molecule has 180 valence electrons. The Hall–Kier alpha value is -3.94. The lowest BCUT2D eigenvalue weighted by Crippen LogP contribution is -2.33. The molecule has 0 unspecified atom stereocenters. The van der Waals surface area contributed by atoms with E-state index in [-0.39, 0.29) is 6.09 Å². The van der Waals surface area contributed by atoms with Gasteiger partial charge in [-0.05, 0) is 44.9 Å². The lowest BCUT2D eigenvalue weighted by molar-refractivity contribution is -0.671. The van der Waals surface area contributed by atoms with E-state index in [0.717, 1.165) is 34.6 Å². The first-order chi connectivity index (χ1) is 16.8. The Bertz CT molecular complexity index is 1390. The number of nitrogens with zero attached hydrogens (tertiary/aromatic N) is 4. The Morgan fingerprint density at radius 3 is 2.80 bits per heavy atom. The van der Waals surface area contributed by atoms with Crippen molar-refractivity contribution in [2.24, 2.45) is 7.05 Å². The average Bonchev–Trinajstić information content (AvgIpc) is 3.43. The van der Waals surface area contributed by atoms with Crippen molar-refractivity contribution in [2.75, 3.05) is 11.9 Å². The Morgan fingerprint density at radius 2 is 2.00 bits per heavy atom. The highest BCUT2D eigenvalue weighted by Gasteiger charge is 2.31. The summed E-state index contributed by atoms with van der Waals surface area (Å²) in [6.45, 7) is 7.15. The van der Waals surface area contributed by atoms with Gasteiger partial charge in [0.25, 0.3) is 0 Å². The van der Waals surface area contributed by atoms with Gasteiger partial charge in [-0.25, -0.2) is 19.3 Å². The van der Waals surface area contributed by atoms with E-state index >= 15 is 0 Å². The number of carbonyl (C=O) groups excluding carboxylic acids is 1. The van der Waals surface area contributed by atoms with Crippen molar-refractivity contribution in [1.82, 2.24) is 19.9 Å². The number of hydrogen-bond donors (Lipinski definition) is 2. The summed E-state index contributed by atoms with van der Waals surface area (Å²) in [6.07, 6.45) is 6.54. The van der Waals surface area contributed by atoms with E-state index in [0.29, 0.717) is 25.5 Å². The predicted octanol–water partition coefficient (Wildman–Crippen LogP) is 4.35. The Morgan fingerprint density at radius 1 is 1.17 bits per heavy atom. The van der Waals surface area contributed by atoms with Crippen LogP contribution < -0.4 is 9.88 Å². The van der Waals surface area contributed by atoms with Crippen LogP contribution in [-0.2, 0) is 31.3 Å². The molecule has 0 bridgehead atoms. The Labute approximate surface area is 205 Å². The van der Waals surface area contributed by atoms with Gasteiger partial charge in [-0.1, -0.05) is 18.2 Å². The molecular formula is C27H31N6O2+. The van der Waals surface area contributed by atoms with Gasteiger partial charge >= 0.3 is 6.09 Å². The molecule has 5 rings (SSSR count). The van der Waals surface area contributed by atoms with Gasteiger partial charge in [0.05, 0.1) is 24.3 Å². The van der Waals surface area contributed by atoms with Gasteiger partial charge in [-0.15, -0.1) is 0 Å². The number of anilines is 1. The zero-order chi connectivity index (χ0) is 24.6. The normalized spacial score (nSPS) is 13.2. The third-order valence-electron chi connectivity index (χ3n) is 5.99. The quantitative estimate of drug-likeness (QED) is 0.423. The first kappa shape index (κ1) is 22.8. The summed E-state index contributed by atoms with van der Waals surface area (Å²) in [7, 11) is 1.97. The van der Waals surface area contributed by atoms with Gasteiger partial charge in [0.15, 0.2) is 18.2 Å². The number of para-hydroxylation sites is 1. The van der Waals surface area contributed by atoms with Crippen LogP contribution in [0.15, 0.2) is 55.0 Å².